The summed E-state index contributed by atoms with van der Waals surface area (Å²) in [5, 5.41) is 0.305. The van der Waals surface area contributed by atoms with E-state index >= 15 is 0 Å². The highest BCUT2D eigenvalue weighted by atomic mass is 32.2. The monoisotopic (exact) mass is 512 g/mol. The third kappa shape index (κ3) is 22.6. The van der Waals surface area contributed by atoms with Gasteiger partial charge in [0, 0.05) is 18.8 Å². The van der Waals surface area contributed by atoms with Crippen LogP contribution >= 0.6 is 19.6 Å². The SMILES string of the molecule is CCCCCCCCCCCCCCCCSC(COC)CC(COP(=O)(O)O)[N+](C)(C)C. The van der Waals surface area contributed by atoms with Crippen LogP contribution in [0.2, 0.25) is 0 Å². The van der Waals surface area contributed by atoms with Gasteiger partial charge in [0.2, 0.25) is 0 Å². The Hall–Kier alpha value is 0.380. The van der Waals surface area contributed by atoms with E-state index in [9.17, 15) is 4.57 Å². The molecule has 6 nitrogen and oxygen atoms in total. The molecule has 0 aromatic rings. The highest BCUT2D eigenvalue weighted by Crippen LogP contribution is 2.37. The van der Waals surface area contributed by atoms with E-state index in [1.807, 2.05) is 32.9 Å². The first-order valence-electron chi connectivity index (χ1n) is 13.2. The number of rotatable bonds is 24. The highest BCUT2D eigenvalue weighted by molar-refractivity contribution is 7.99. The van der Waals surface area contributed by atoms with Crippen LogP contribution < -0.4 is 0 Å². The quantitative estimate of drug-likeness (QED) is 0.0842. The lowest BCUT2D eigenvalue weighted by Gasteiger charge is -2.35. The van der Waals surface area contributed by atoms with E-state index in [-0.39, 0.29) is 12.6 Å². The lowest BCUT2D eigenvalue weighted by atomic mass is 10.0. The lowest BCUT2D eigenvalue weighted by molar-refractivity contribution is -0.896. The van der Waals surface area contributed by atoms with Crippen LogP contribution in [-0.2, 0) is 13.8 Å². The Balaban J connectivity index is 3.89. The molecule has 200 valence electrons. The molecular formula is C25H55NO5PS+. The minimum absolute atomic E-state index is 0.00150. The summed E-state index contributed by atoms with van der Waals surface area (Å²) in [7, 11) is 3.38. The van der Waals surface area contributed by atoms with Gasteiger partial charge in [-0.3, -0.25) is 4.52 Å². The van der Waals surface area contributed by atoms with Gasteiger partial charge >= 0.3 is 7.82 Å². The summed E-state index contributed by atoms with van der Waals surface area (Å²) in [6, 6.07) is 0.00150. The Morgan fingerprint density at radius 1 is 0.788 bits per heavy atom. The first kappa shape index (κ1) is 33.4. The molecule has 0 spiro atoms. The highest BCUT2D eigenvalue weighted by Gasteiger charge is 2.30. The fourth-order valence-electron chi connectivity index (χ4n) is 4.01. The molecule has 0 aliphatic rings. The molecule has 33 heavy (non-hydrogen) atoms. The maximum atomic E-state index is 11.1. The van der Waals surface area contributed by atoms with Crippen LogP contribution in [0.5, 0.6) is 0 Å². The summed E-state index contributed by atoms with van der Waals surface area (Å²) in [4.78, 5) is 18.1. The van der Waals surface area contributed by atoms with Crippen LogP contribution in [-0.4, -0.2) is 72.8 Å². The molecule has 0 aliphatic carbocycles. The molecule has 0 fully saturated rings. The molecule has 0 aliphatic heterocycles. The van der Waals surface area contributed by atoms with E-state index in [1.165, 1.54) is 89.9 Å². The maximum Gasteiger partial charge on any atom is 0.469 e. The molecule has 0 aromatic carbocycles. The van der Waals surface area contributed by atoms with Gasteiger partial charge in [-0.05, 0) is 12.2 Å². The number of phosphoric ester groups is 1. The Morgan fingerprint density at radius 2 is 1.24 bits per heavy atom. The van der Waals surface area contributed by atoms with Crippen molar-refractivity contribution in [2.45, 2.75) is 115 Å². The molecule has 8 heteroatoms. The standard InChI is InChI=1S/C25H54NO5PS/c1-6-7-8-9-10-11-12-13-14-15-16-17-18-19-20-33-25(23-30-5)21-24(26(2,3)4)22-31-32(27,28)29/h24-25H,6-23H2,1-5H3,(H-,27,28,29)/p+1. The topological polar surface area (TPSA) is 76.0 Å². The second kappa shape index (κ2) is 20.6. The zero-order chi connectivity index (χ0) is 25.0. The van der Waals surface area contributed by atoms with Crippen molar-refractivity contribution in [3.05, 3.63) is 0 Å². The van der Waals surface area contributed by atoms with Gasteiger partial charge in [0.05, 0.1) is 27.7 Å². The summed E-state index contributed by atoms with van der Waals surface area (Å²) in [5.74, 6) is 1.11. The van der Waals surface area contributed by atoms with Gasteiger partial charge in [-0.1, -0.05) is 90.4 Å². The zero-order valence-corrected chi connectivity index (χ0v) is 24.0. The predicted molar refractivity (Wildman–Crippen MR) is 143 cm³/mol. The Labute approximate surface area is 209 Å². The second-order valence-electron chi connectivity index (χ2n) is 10.3. The molecule has 0 radical (unpaired) electrons. The third-order valence-electron chi connectivity index (χ3n) is 6.27. The predicted octanol–water partition coefficient (Wildman–Crippen LogP) is 6.79. The molecule has 0 saturated carbocycles. The van der Waals surface area contributed by atoms with Gasteiger partial charge in [-0.2, -0.15) is 11.8 Å². The summed E-state index contributed by atoms with van der Waals surface area (Å²) in [5.41, 5.74) is 0. The van der Waals surface area contributed by atoms with E-state index in [0.717, 1.165) is 12.2 Å². The van der Waals surface area contributed by atoms with E-state index in [0.29, 0.717) is 16.3 Å². The van der Waals surface area contributed by atoms with Crippen molar-refractivity contribution >= 4 is 19.6 Å². The molecule has 0 heterocycles. The molecule has 0 aromatic heterocycles. The average molecular weight is 513 g/mol. The van der Waals surface area contributed by atoms with Crippen molar-refractivity contribution in [2.24, 2.45) is 0 Å². The van der Waals surface area contributed by atoms with Crippen LogP contribution in [0, 0.1) is 0 Å². The number of phosphoric acid groups is 1. The number of quaternary nitrogens is 1. The fourth-order valence-corrected chi connectivity index (χ4v) is 5.67. The summed E-state index contributed by atoms with van der Waals surface area (Å²) in [6.07, 6.45) is 20.0. The largest absolute Gasteiger partial charge is 0.469 e. The van der Waals surface area contributed by atoms with E-state index in [4.69, 9.17) is 19.0 Å². The number of hydrogen-bond donors (Lipinski definition) is 2. The minimum Gasteiger partial charge on any atom is -0.384 e. The van der Waals surface area contributed by atoms with Crippen molar-refractivity contribution in [1.82, 2.24) is 0 Å². The number of ether oxygens (including phenoxy) is 1. The Bertz CT molecular complexity index is 484. The van der Waals surface area contributed by atoms with Crippen LogP contribution in [0.3, 0.4) is 0 Å². The van der Waals surface area contributed by atoms with E-state index in [1.54, 1.807) is 7.11 Å². The maximum absolute atomic E-state index is 11.1. The molecule has 2 N–H and O–H groups in total. The van der Waals surface area contributed by atoms with Crippen LogP contribution in [0.15, 0.2) is 0 Å². The van der Waals surface area contributed by atoms with Gasteiger partial charge in [0.15, 0.2) is 0 Å². The van der Waals surface area contributed by atoms with Crippen LogP contribution in [0.4, 0.5) is 0 Å². The van der Waals surface area contributed by atoms with E-state index in [2.05, 4.69) is 6.92 Å². The summed E-state index contributed by atoms with van der Waals surface area (Å²) >= 11 is 1.92. The number of hydrogen-bond acceptors (Lipinski definition) is 4. The zero-order valence-electron chi connectivity index (χ0n) is 22.3. The van der Waals surface area contributed by atoms with Crippen molar-refractivity contribution in [2.75, 3.05) is 47.2 Å². The van der Waals surface area contributed by atoms with Crippen molar-refractivity contribution < 1.29 is 28.1 Å². The Morgan fingerprint density at radius 3 is 1.64 bits per heavy atom. The van der Waals surface area contributed by atoms with Crippen LogP contribution in [0.25, 0.3) is 0 Å². The van der Waals surface area contributed by atoms with Gasteiger partial charge in [-0.15, -0.1) is 0 Å². The smallest absolute Gasteiger partial charge is 0.384 e. The first-order valence-corrected chi connectivity index (χ1v) is 15.8. The Kier molecular flexibility index (Phi) is 20.8. The van der Waals surface area contributed by atoms with E-state index < -0.39 is 7.82 Å². The average Bonchev–Trinajstić information content (AvgIpc) is 2.72. The molecule has 0 rings (SSSR count). The molecule has 0 saturated heterocycles. The molecule has 2 unspecified atom stereocenters. The number of likely N-dealkylation sites (N-methyl/N-ethyl adjacent to an activating group) is 1. The summed E-state index contributed by atoms with van der Waals surface area (Å²) in [6.45, 7) is 2.97. The minimum atomic E-state index is -4.45. The van der Waals surface area contributed by atoms with Crippen molar-refractivity contribution in [3.8, 4) is 0 Å². The van der Waals surface area contributed by atoms with Gasteiger partial charge in [0.1, 0.15) is 12.6 Å². The number of nitrogens with zero attached hydrogens (tertiary/aromatic N) is 1. The number of methoxy groups -OCH3 is 1. The third-order valence-corrected chi connectivity index (χ3v) is 8.08. The molecule has 0 amide bonds. The van der Waals surface area contributed by atoms with Gasteiger partial charge in [-0.25, -0.2) is 4.57 Å². The van der Waals surface area contributed by atoms with Gasteiger partial charge < -0.3 is 19.0 Å². The first-order chi connectivity index (χ1) is 15.6. The fraction of sp³-hybridized carbons (Fsp3) is 1.00. The van der Waals surface area contributed by atoms with Crippen molar-refractivity contribution in [1.29, 1.82) is 0 Å². The van der Waals surface area contributed by atoms with Crippen molar-refractivity contribution in [3.63, 3.8) is 0 Å². The van der Waals surface area contributed by atoms with Gasteiger partial charge in [0.25, 0.3) is 0 Å². The number of unbranched alkanes of at least 4 members (excludes halogenated alkanes) is 13. The molecular weight excluding hydrogens is 457 g/mol. The summed E-state index contributed by atoms with van der Waals surface area (Å²) < 4.78 is 22.0. The molecule has 2 atom stereocenters. The molecule has 0 bridgehead atoms. The lowest BCUT2D eigenvalue weighted by Crippen LogP contribution is -2.49. The normalized spacial score (nSPS) is 14.5. The second-order valence-corrected chi connectivity index (χ2v) is 13.0. The number of thioether (sulfide) groups is 1. The van der Waals surface area contributed by atoms with Crippen LogP contribution in [0.1, 0.15) is 103 Å².